The lowest BCUT2D eigenvalue weighted by molar-refractivity contribution is -0.256. The largest absolute Gasteiger partial charge is 0.421 e. The summed E-state index contributed by atoms with van der Waals surface area (Å²) in [7, 11) is 0. The van der Waals surface area contributed by atoms with Crippen LogP contribution in [-0.2, 0) is 23.8 Å². The molecule has 5 aliphatic rings. The lowest BCUT2D eigenvalue weighted by Gasteiger charge is -2.68. The van der Waals surface area contributed by atoms with Crippen molar-refractivity contribution in [3.63, 3.8) is 0 Å². The van der Waals surface area contributed by atoms with E-state index in [4.69, 9.17) is 14.2 Å². The van der Waals surface area contributed by atoms with E-state index in [0.717, 1.165) is 25.2 Å². The van der Waals surface area contributed by atoms with E-state index in [1.54, 1.807) is 0 Å². The van der Waals surface area contributed by atoms with Gasteiger partial charge in [-0.1, -0.05) is 34.1 Å². The van der Waals surface area contributed by atoms with Gasteiger partial charge in [-0.05, 0) is 78.9 Å². The Hall–Kier alpha value is -1.40. The van der Waals surface area contributed by atoms with Crippen molar-refractivity contribution < 1.29 is 28.9 Å². The van der Waals surface area contributed by atoms with Crippen molar-refractivity contribution in [2.75, 3.05) is 6.61 Å². The first-order chi connectivity index (χ1) is 15.4. The molecule has 6 nitrogen and oxygen atoms in total. The van der Waals surface area contributed by atoms with Crippen molar-refractivity contribution in [3.8, 4) is 0 Å². The molecule has 3 saturated carbocycles. The lowest BCUT2D eigenvalue weighted by Crippen LogP contribution is -2.66. The number of cyclic esters (lactones) is 1. The van der Waals surface area contributed by atoms with Crippen molar-refractivity contribution in [1.82, 2.24) is 0 Å². The fourth-order valence-corrected chi connectivity index (χ4v) is 9.27. The molecule has 1 saturated heterocycles. The van der Waals surface area contributed by atoms with Crippen LogP contribution in [0.3, 0.4) is 0 Å². The van der Waals surface area contributed by atoms with Gasteiger partial charge in [-0.3, -0.25) is 4.79 Å². The zero-order valence-electron chi connectivity index (χ0n) is 20.8. The standard InChI is InChI=1S/C27H40O6/c1-16(28)32-23-17(13-22(29)33-23)18-14-21-26(5)11-7-19-24(2,3)9-6-10-25(19,4)20(26)8-12-27(21,30)15-31-18/h13,18-21,23,30H,6-12,14-15H2,1-5H3/t18-,19-,20+,21-,23?,25-,26+,27+/m0/s1. The summed E-state index contributed by atoms with van der Waals surface area (Å²) in [4.78, 5) is 23.5. The highest BCUT2D eigenvalue weighted by molar-refractivity contribution is 5.86. The van der Waals surface area contributed by atoms with E-state index in [1.165, 1.54) is 38.7 Å². The number of rotatable bonds is 2. The molecule has 0 bridgehead atoms. The highest BCUT2D eigenvalue weighted by Gasteiger charge is 2.66. The fourth-order valence-electron chi connectivity index (χ4n) is 9.27. The van der Waals surface area contributed by atoms with Gasteiger partial charge in [0.25, 0.3) is 6.29 Å². The Bertz CT molecular complexity index is 878. The predicted octanol–water partition coefficient (Wildman–Crippen LogP) is 4.54. The summed E-state index contributed by atoms with van der Waals surface area (Å²) >= 11 is 0. The van der Waals surface area contributed by atoms with Crippen LogP contribution in [0.4, 0.5) is 0 Å². The first-order valence-electron chi connectivity index (χ1n) is 12.8. The second-order valence-electron chi connectivity index (χ2n) is 12.8. The molecule has 0 radical (unpaired) electrons. The number of carbonyl (C=O) groups is 2. The molecular formula is C27H40O6. The topological polar surface area (TPSA) is 82.1 Å². The van der Waals surface area contributed by atoms with E-state index in [9.17, 15) is 14.7 Å². The molecule has 2 aliphatic heterocycles. The minimum atomic E-state index is -1.02. The van der Waals surface area contributed by atoms with Gasteiger partial charge in [0.1, 0.15) is 0 Å². The van der Waals surface area contributed by atoms with Crippen molar-refractivity contribution in [2.45, 2.75) is 104 Å². The molecule has 0 aromatic carbocycles. The molecule has 184 valence electrons. The van der Waals surface area contributed by atoms with Crippen LogP contribution in [0.1, 0.15) is 86.0 Å². The van der Waals surface area contributed by atoms with Crippen LogP contribution in [0.25, 0.3) is 0 Å². The van der Waals surface area contributed by atoms with Gasteiger partial charge in [0.15, 0.2) is 0 Å². The SMILES string of the molecule is CC(=O)OC1OC(=O)C=C1[C@@H]1C[C@@H]2[C@@](O)(CC[C@H]3[C@@]2(C)CC[C@H]2C(C)(C)CCC[C@]32C)CO1. The van der Waals surface area contributed by atoms with Crippen LogP contribution >= 0.6 is 0 Å². The number of aliphatic hydroxyl groups is 1. The first-order valence-corrected chi connectivity index (χ1v) is 12.8. The van der Waals surface area contributed by atoms with Crippen LogP contribution in [0, 0.1) is 34.0 Å². The Labute approximate surface area is 197 Å². The number of ether oxygens (including phenoxy) is 3. The molecule has 6 heteroatoms. The Balaban J connectivity index is 1.45. The van der Waals surface area contributed by atoms with Gasteiger partial charge < -0.3 is 19.3 Å². The smallest absolute Gasteiger partial charge is 0.334 e. The van der Waals surface area contributed by atoms with Crippen LogP contribution in [0.2, 0.25) is 0 Å². The maximum atomic E-state index is 12.0. The molecule has 2 heterocycles. The summed E-state index contributed by atoms with van der Waals surface area (Å²) in [5.41, 5.74) is 0.381. The van der Waals surface area contributed by atoms with Gasteiger partial charge in [0.05, 0.1) is 18.3 Å². The first kappa shape index (κ1) is 23.3. The minimum Gasteiger partial charge on any atom is -0.421 e. The van der Waals surface area contributed by atoms with Crippen LogP contribution in [0.15, 0.2) is 11.6 Å². The monoisotopic (exact) mass is 460 g/mol. The van der Waals surface area contributed by atoms with E-state index in [0.29, 0.717) is 23.3 Å². The average molecular weight is 461 g/mol. The quantitative estimate of drug-likeness (QED) is 0.610. The van der Waals surface area contributed by atoms with E-state index in [1.807, 2.05) is 0 Å². The van der Waals surface area contributed by atoms with Gasteiger partial charge in [-0.2, -0.15) is 0 Å². The maximum absolute atomic E-state index is 12.0. The van der Waals surface area contributed by atoms with E-state index in [-0.39, 0.29) is 23.4 Å². The van der Waals surface area contributed by atoms with Gasteiger partial charge in [-0.25, -0.2) is 4.79 Å². The highest BCUT2D eigenvalue weighted by Crippen LogP contribution is 2.70. The van der Waals surface area contributed by atoms with Crippen molar-refractivity contribution in [2.24, 2.45) is 34.0 Å². The summed E-state index contributed by atoms with van der Waals surface area (Å²) in [6.07, 6.45) is 8.59. The zero-order chi connectivity index (χ0) is 23.8. The van der Waals surface area contributed by atoms with E-state index in [2.05, 4.69) is 27.7 Å². The average Bonchev–Trinajstić information content (AvgIpc) is 3.06. The second kappa shape index (κ2) is 7.55. The number of esters is 2. The molecule has 3 aliphatic carbocycles. The number of fused-ring (bicyclic) bond motifs is 5. The molecule has 0 aromatic heterocycles. The van der Waals surface area contributed by atoms with Gasteiger partial charge in [-0.15, -0.1) is 0 Å². The third-order valence-corrected chi connectivity index (χ3v) is 10.6. The van der Waals surface area contributed by atoms with E-state index < -0.39 is 29.9 Å². The Morgan fingerprint density at radius 2 is 1.73 bits per heavy atom. The second-order valence-corrected chi connectivity index (χ2v) is 12.8. The highest BCUT2D eigenvalue weighted by atomic mass is 16.7. The number of hydrogen-bond acceptors (Lipinski definition) is 6. The van der Waals surface area contributed by atoms with E-state index >= 15 is 0 Å². The molecule has 0 aromatic rings. The minimum absolute atomic E-state index is 0.00859. The lowest BCUT2D eigenvalue weighted by atomic mass is 9.37. The van der Waals surface area contributed by atoms with Crippen LogP contribution in [0.5, 0.6) is 0 Å². The number of carbonyl (C=O) groups excluding carboxylic acids is 2. The van der Waals surface area contributed by atoms with Crippen molar-refractivity contribution in [1.29, 1.82) is 0 Å². The molecule has 1 N–H and O–H groups in total. The Morgan fingerprint density at radius 1 is 1.03 bits per heavy atom. The van der Waals surface area contributed by atoms with Crippen molar-refractivity contribution >= 4 is 11.9 Å². The Kier molecular flexibility index (Phi) is 5.34. The molecule has 5 rings (SSSR count). The zero-order valence-corrected chi connectivity index (χ0v) is 20.8. The third-order valence-electron chi connectivity index (χ3n) is 10.6. The van der Waals surface area contributed by atoms with Gasteiger partial charge in [0.2, 0.25) is 0 Å². The molecule has 1 unspecified atom stereocenters. The molecular weight excluding hydrogens is 420 g/mol. The summed E-state index contributed by atoms with van der Waals surface area (Å²) in [5.74, 6) is 0.345. The summed E-state index contributed by atoms with van der Waals surface area (Å²) < 4.78 is 16.6. The maximum Gasteiger partial charge on any atom is 0.334 e. The normalized spacial score (nSPS) is 48.6. The van der Waals surface area contributed by atoms with Crippen molar-refractivity contribution in [3.05, 3.63) is 11.6 Å². The van der Waals surface area contributed by atoms with Gasteiger partial charge in [0, 0.05) is 18.6 Å². The summed E-state index contributed by atoms with van der Waals surface area (Å²) in [6, 6.07) is 0. The van der Waals surface area contributed by atoms with Gasteiger partial charge >= 0.3 is 11.9 Å². The number of hydrogen-bond donors (Lipinski definition) is 1. The van der Waals surface area contributed by atoms with Crippen LogP contribution in [-0.4, -0.2) is 41.6 Å². The summed E-state index contributed by atoms with van der Waals surface area (Å²) in [5, 5.41) is 11.8. The predicted molar refractivity (Wildman–Crippen MR) is 122 cm³/mol. The molecule has 4 fully saturated rings. The third kappa shape index (κ3) is 3.50. The molecule has 8 atom stereocenters. The van der Waals surface area contributed by atoms with Crippen LogP contribution < -0.4 is 0 Å². The molecule has 33 heavy (non-hydrogen) atoms. The molecule has 0 spiro atoms. The fraction of sp³-hybridized carbons (Fsp3) is 0.852. The summed E-state index contributed by atoms with van der Waals surface area (Å²) in [6.45, 7) is 11.4. The Morgan fingerprint density at radius 3 is 2.45 bits per heavy atom. The molecule has 0 amide bonds.